The maximum Gasteiger partial charge on any atom is 0.250 e. The quantitative estimate of drug-likeness (QED) is 0.707. The fourth-order valence-corrected chi connectivity index (χ4v) is 2.48. The van der Waals surface area contributed by atoms with Crippen molar-refractivity contribution in [3.05, 3.63) is 52.6 Å². The summed E-state index contributed by atoms with van der Waals surface area (Å²) in [4.78, 5) is 11.6. The summed E-state index contributed by atoms with van der Waals surface area (Å²) in [5.74, 6) is -0.506. The molecule has 1 amide bonds. The number of rotatable bonds is 2. The van der Waals surface area contributed by atoms with Crippen LogP contribution in [-0.4, -0.2) is 15.7 Å². The largest absolute Gasteiger partial charge is 0.399 e. The fraction of sp³-hybridized carbons (Fsp3) is 0. The van der Waals surface area contributed by atoms with Gasteiger partial charge in [-0.2, -0.15) is 5.10 Å². The second kappa shape index (κ2) is 4.64. The van der Waals surface area contributed by atoms with Crippen molar-refractivity contribution in [2.24, 2.45) is 5.73 Å². The van der Waals surface area contributed by atoms with Gasteiger partial charge in [-0.1, -0.05) is 15.9 Å². The minimum atomic E-state index is -0.506. The van der Waals surface area contributed by atoms with Crippen LogP contribution in [0.1, 0.15) is 10.4 Å². The first-order chi connectivity index (χ1) is 9.56. The van der Waals surface area contributed by atoms with Crippen LogP contribution in [0, 0.1) is 0 Å². The van der Waals surface area contributed by atoms with Crippen molar-refractivity contribution in [1.82, 2.24) is 9.78 Å². The summed E-state index contributed by atoms with van der Waals surface area (Å²) >= 11 is 3.33. The molecule has 1 heterocycles. The molecular weight excluding hydrogens is 320 g/mol. The Kier molecular flexibility index (Phi) is 2.94. The lowest BCUT2D eigenvalue weighted by atomic mass is 10.1. The zero-order valence-corrected chi connectivity index (χ0v) is 12.0. The Morgan fingerprint density at radius 1 is 1.20 bits per heavy atom. The number of amides is 1. The third kappa shape index (κ3) is 2.04. The Labute approximate surface area is 123 Å². The standard InChI is InChI=1S/C14H11BrN4O/c15-9-2-4-12(11(5-9)14(17)20)19-13-6-10(16)3-1-8(13)7-18-19/h1-7H,16H2,(H2,17,20). The van der Waals surface area contributed by atoms with Gasteiger partial charge in [0, 0.05) is 15.5 Å². The van der Waals surface area contributed by atoms with Crippen LogP contribution in [0.4, 0.5) is 5.69 Å². The summed E-state index contributed by atoms with van der Waals surface area (Å²) in [6, 6.07) is 10.8. The zero-order valence-electron chi connectivity index (χ0n) is 10.4. The van der Waals surface area contributed by atoms with Crippen molar-refractivity contribution in [3.8, 4) is 5.69 Å². The van der Waals surface area contributed by atoms with E-state index in [4.69, 9.17) is 11.5 Å². The van der Waals surface area contributed by atoms with Gasteiger partial charge in [0.2, 0.25) is 0 Å². The van der Waals surface area contributed by atoms with Gasteiger partial charge in [-0.25, -0.2) is 4.68 Å². The van der Waals surface area contributed by atoms with Gasteiger partial charge in [0.05, 0.1) is 23.0 Å². The highest BCUT2D eigenvalue weighted by Gasteiger charge is 2.13. The van der Waals surface area contributed by atoms with Gasteiger partial charge >= 0.3 is 0 Å². The molecule has 4 N–H and O–H groups in total. The highest BCUT2D eigenvalue weighted by molar-refractivity contribution is 9.10. The zero-order chi connectivity index (χ0) is 14.3. The van der Waals surface area contributed by atoms with Crippen LogP contribution in [0.2, 0.25) is 0 Å². The molecule has 0 aliphatic rings. The van der Waals surface area contributed by atoms with E-state index in [1.54, 1.807) is 23.0 Å². The molecule has 0 bridgehead atoms. The first-order valence-electron chi connectivity index (χ1n) is 5.89. The van der Waals surface area contributed by atoms with Gasteiger partial charge in [0.1, 0.15) is 0 Å². The van der Waals surface area contributed by atoms with Crippen molar-refractivity contribution < 1.29 is 4.79 Å². The highest BCUT2D eigenvalue weighted by atomic mass is 79.9. The summed E-state index contributed by atoms with van der Waals surface area (Å²) in [6.07, 6.45) is 1.72. The molecule has 2 aromatic carbocycles. The van der Waals surface area contributed by atoms with Crippen LogP contribution >= 0.6 is 15.9 Å². The second-order valence-corrected chi connectivity index (χ2v) is 5.32. The van der Waals surface area contributed by atoms with Crippen molar-refractivity contribution in [3.63, 3.8) is 0 Å². The lowest BCUT2D eigenvalue weighted by Gasteiger charge is -2.09. The molecule has 100 valence electrons. The maximum absolute atomic E-state index is 11.6. The van der Waals surface area contributed by atoms with E-state index in [0.717, 1.165) is 15.4 Å². The second-order valence-electron chi connectivity index (χ2n) is 4.40. The predicted octanol–water partition coefficient (Wildman–Crippen LogP) is 2.47. The first-order valence-corrected chi connectivity index (χ1v) is 6.68. The first kappa shape index (κ1) is 12.7. The Morgan fingerprint density at radius 2 is 2.00 bits per heavy atom. The predicted molar refractivity (Wildman–Crippen MR) is 81.7 cm³/mol. The average molecular weight is 331 g/mol. The molecule has 20 heavy (non-hydrogen) atoms. The monoisotopic (exact) mass is 330 g/mol. The summed E-state index contributed by atoms with van der Waals surface area (Å²) in [5, 5.41) is 5.26. The molecule has 0 spiro atoms. The number of carbonyl (C=O) groups excluding carboxylic acids is 1. The molecule has 0 aliphatic carbocycles. The highest BCUT2D eigenvalue weighted by Crippen LogP contribution is 2.24. The lowest BCUT2D eigenvalue weighted by Crippen LogP contribution is -2.15. The average Bonchev–Trinajstić information content (AvgIpc) is 2.81. The Morgan fingerprint density at radius 3 is 2.75 bits per heavy atom. The molecule has 0 aliphatic heterocycles. The third-order valence-electron chi connectivity index (χ3n) is 3.05. The van der Waals surface area contributed by atoms with Gasteiger partial charge in [-0.15, -0.1) is 0 Å². The van der Waals surface area contributed by atoms with Crippen molar-refractivity contribution in [1.29, 1.82) is 0 Å². The molecule has 6 heteroatoms. The Bertz CT molecular complexity index is 825. The van der Waals surface area contributed by atoms with Crippen LogP contribution in [-0.2, 0) is 0 Å². The number of carbonyl (C=O) groups is 1. The number of hydrogen-bond donors (Lipinski definition) is 2. The van der Waals surface area contributed by atoms with Crippen molar-refractivity contribution in [2.75, 3.05) is 5.73 Å². The molecule has 0 fully saturated rings. The van der Waals surface area contributed by atoms with E-state index in [0.29, 0.717) is 16.9 Å². The summed E-state index contributed by atoms with van der Waals surface area (Å²) < 4.78 is 2.45. The number of nitrogens with two attached hydrogens (primary N) is 2. The fourth-order valence-electron chi connectivity index (χ4n) is 2.12. The van der Waals surface area contributed by atoms with E-state index in [-0.39, 0.29) is 0 Å². The van der Waals surface area contributed by atoms with Crippen LogP contribution in [0.25, 0.3) is 16.6 Å². The van der Waals surface area contributed by atoms with Gasteiger partial charge in [-0.05, 0) is 36.4 Å². The molecule has 0 saturated heterocycles. The molecule has 3 rings (SSSR count). The summed E-state index contributed by atoms with van der Waals surface area (Å²) in [7, 11) is 0. The molecule has 3 aromatic rings. The van der Waals surface area contributed by atoms with Crippen LogP contribution in [0.5, 0.6) is 0 Å². The number of nitrogens with zero attached hydrogens (tertiary/aromatic N) is 2. The van der Waals surface area contributed by atoms with Crippen LogP contribution in [0.3, 0.4) is 0 Å². The normalized spacial score (nSPS) is 10.8. The Hall–Kier alpha value is -2.34. The summed E-state index contributed by atoms with van der Waals surface area (Å²) in [6.45, 7) is 0. The minimum absolute atomic E-state index is 0.395. The van der Waals surface area contributed by atoms with Gasteiger partial charge in [-0.3, -0.25) is 4.79 Å². The molecule has 0 saturated carbocycles. The topological polar surface area (TPSA) is 86.9 Å². The number of benzene rings is 2. The van der Waals surface area contributed by atoms with Crippen molar-refractivity contribution in [2.45, 2.75) is 0 Å². The van der Waals surface area contributed by atoms with Gasteiger partial charge < -0.3 is 11.5 Å². The number of nitrogen functional groups attached to an aromatic ring is 1. The Balaban J connectivity index is 2.31. The van der Waals surface area contributed by atoms with Gasteiger partial charge in [0.25, 0.3) is 5.91 Å². The maximum atomic E-state index is 11.6. The number of fused-ring (bicyclic) bond motifs is 1. The SMILES string of the molecule is NC(=O)c1cc(Br)ccc1-n1ncc2ccc(N)cc21. The molecule has 5 nitrogen and oxygen atoms in total. The van der Waals surface area contributed by atoms with E-state index in [2.05, 4.69) is 21.0 Å². The molecule has 1 aromatic heterocycles. The smallest absolute Gasteiger partial charge is 0.250 e. The molecule has 0 radical (unpaired) electrons. The van der Waals surface area contributed by atoms with E-state index in [1.165, 1.54) is 0 Å². The molecule has 0 unspecified atom stereocenters. The third-order valence-corrected chi connectivity index (χ3v) is 3.54. The summed E-state index contributed by atoms with van der Waals surface area (Å²) in [5.41, 5.74) is 13.7. The van der Waals surface area contributed by atoms with Gasteiger partial charge in [0.15, 0.2) is 0 Å². The molecule has 0 atom stereocenters. The van der Waals surface area contributed by atoms with E-state index in [1.807, 2.05) is 24.3 Å². The number of hydrogen-bond acceptors (Lipinski definition) is 3. The van der Waals surface area contributed by atoms with Crippen LogP contribution < -0.4 is 11.5 Å². The lowest BCUT2D eigenvalue weighted by molar-refractivity contribution is 0.1000. The number of aromatic nitrogens is 2. The minimum Gasteiger partial charge on any atom is -0.399 e. The molecular formula is C14H11BrN4O. The number of halogens is 1. The van der Waals surface area contributed by atoms with E-state index in [9.17, 15) is 4.79 Å². The van der Waals surface area contributed by atoms with E-state index >= 15 is 0 Å². The number of primary amides is 1. The van der Waals surface area contributed by atoms with Crippen molar-refractivity contribution >= 4 is 38.4 Å². The van der Waals surface area contributed by atoms with E-state index < -0.39 is 5.91 Å². The van der Waals surface area contributed by atoms with Crippen LogP contribution in [0.15, 0.2) is 47.1 Å². The number of anilines is 1.